The molecule has 4 nitrogen and oxygen atoms in total. The highest BCUT2D eigenvalue weighted by Crippen LogP contribution is 2.54. The summed E-state index contributed by atoms with van der Waals surface area (Å²) in [5, 5.41) is 33.4. The minimum Gasteiger partial charge on any atom is -0.456 e. The van der Waals surface area contributed by atoms with Gasteiger partial charge in [-0.1, -0.05) is 413 Å². The molecular formula is C126H83NO3Si. The van der Waals surface area contributed by atoms with Crippen molar-refractivity contribution < 1.29 is 13.3 Å². The van der Waals surface area contributed by atoms with E-state index in [2.05, 4.69) is 437 Å². The monoisotopic (exact) mass is 1690 g/mol. The average Bonchev–Trinajstić information content (AvgIpc) is 1.70. The van der Waals surface area contributed by atoms with E-state index < -0.39 is 8.07 Å². The number of rotatable bonds is 9. The van der Waals surface area contributed by atoms with Crippen molar-refractivity contribution in [1.82, 2.24) is 4.98 Å². The van der Waals surface area contributed by atoms with Crippen molar-refractivity contribution in [2.24, 2.45) is 0 Å². The number of benzene rings is 23. The van der Waals surface area contributed by atoms with Gasteiger partial charge in [0.05, 0.1) is 13.8 Å². The largest absolute Gasteiger partial charge is 0.456 e. The van der Waals surface area contributed by atoms with Crippen LogP contribution in [-0.4, -0.2) is 13.1 Å². The SMILES string of the molecule is C[Si](C)(C)c1ccc(-c2ccc(-c3c4ccccc4c(-c4cccc5ccccc45)c4ccccc34)c3c2oc2ccccc23)c2ccccc12.c1ccc(-c2ccc(-c3c4ccccc4c(-c4ccc5ccccc5c4)c4ccccc34)c3c2oc2ccccc23)nc1.c1ccc2c(-c3c4ccccc4c(-c4cccc5oc6ccccc6c45)c4ccccc34)cccc2c1. The maximum absolute atomic E-state index is 6.92. The lowest BCUT2D eigenvalue weighted by Gasteiger charge is -2.21. The van der Waals surface area contributed by atoms with Crippen molar-refractivity contribution in [3.8, 4) is 89.1 Å². The van der Waals surface area contributed by atoms with Gasteiger partial charge in [0.15, 0.2) is 0 Å². The Morgan fingerprint density at radius 1 is 0.183 bits per heavy atom. The van der Waals surface area contributed by atoms with Gasteiger partial charge in [-0.2, -0.15) is 0 Å². The molecule has 0 saturated heterocycles. The van der Waals surface area contributed by atoms with E-state index in [1.807, 2.05) is 36.5 Å². The number of pyridine rings is 1. The molecule has 0 aliphatic rings. The molecule has 0 saturated carbocycles. The molecule has 131 heavy (non-hydrogen) atoms. The molecule has 0 atom stereocenters. The van der Waals surface area contributed by atoms with Crippen LogP contribution in [0, 0.1) is 0 Å². The number of fused-ring (bicyclic) bond motifs is 19. The molecule has 27 rings (SSSR count). The molecule has 27 aromatic rings. The van der Waals surface area contributed by atoms with Crippen LogP contribution in [0.15, 0.2) is 462 Å². The molecule has 0 aliphatic heterocycles. The number of nitrogens with zero attached hydrogens (tertiary/aromatic N) is 1. The van der Waals surface area contributed by atoms with Gasteiger partial charge in [-0.3, -0.25) is 4.98 Å². The minimum absolute atomic E-state index is 0.865. The molecule has 4 aromatic heterocycles. The Labute approximate surface area is 757 Å². The van der Waals surface area contributed by atoms with Crippen LogP contribution in [0.25, 0.3) is 263 Å². The number of aromatic nitrogens is 1. The van der Waals surface area contributed by atoms with Gasteiger partial charge in [0.25, 0.3) is 0 Å². The third-order valence-corrected chi connectivity index (χ3v) is 29.2. The Bertz CT molecular complexity index is 9190. The van der Waals surface area contributed by atoms with E-state index in [0.29, 0.717) is 0 Å². The Morgan fingerprint density at radius 2 is 0.496 bits per heavy atom. The molecule has 0 aliphatic carbocycles. The van der Waals surface area contributed by atoms with Gasteiger partial charge in [0.1, 0.15) is 33.5 Å². The lowest BCUT2D eigenvalue weighted by molar-refractivity contribution is 0.669. The molecule has 4 heterocycles. The summed E-state index contributed by atoms with van der Waals surface area (Å²) in [5.41, 5.74) is 24.5. The first-order chi connectivity index (χ1) is 64.7. The zero-order chi connectivity index (χ0) is 86.9. The number of para-hydroxylation sites is 3. The molecule has 5 heteroatoms. The number of furan rings is 3. The zero-order valence-electron chi connectivity index (χ0n) is 72.4. The van der Waals surface area contributed by atoms with E-state index in [1.165, 1.54) is 185 Å². The van der Waals surface area contributed by atoms with Gasteiger partial charge >= 0.3 is 0 Å². The summed E-state index contributed by atoms with van der Waals surface area (Å²) in [5.74, 6) is 0. The number of hydrogen-bond donors (Lipinski definition) is 0. The van der Waals surface area contributed by atoms with Crippen LogP contribution in [0.1, 0.15) is 0 Å². The molecular weight excluding hydrogens is 1600 g/mol. The lowest BCUT2D eigenvalue weighted by Crippen LogP contribution is -2.38. The number of hydrogen-bond acceptors (Lipinski definition) is 4. The van der Waals surface area contributed by atoms with E-state index >= 15 is 0 Å². The second-order valence-electron chi connectivity index (χ2n) is 35.5. The first kappa shape index (κ1) is 76.8. The molecule has 0 N–H and O–H groups in total. The van der Waals surface area contributed by atoms with Crippen molar-refractivity contribution in [2.45, 2.75) is 19.6 Å². The Hall–Kier alpha value is -16.6. The highest BCUT2D eigenvalue weighted by Gasteiger charge is 2.29. The second kappa shape index (κ2) is 31.2. The first-order valence-corrected chi connectivity index (χ1v) is 48.7. The van der Waals surface area contributed by atoms with Crippen LogP contribution in [0.4, 0.5) is 0 Å². The molecule has 0 amide bonds. The molecule has 0 fully saturated rings. The summed E-state index contributed by atoms with van der Waals surface area (Å²) in [7, 11) is -1.58. The molecule has 23 aromatic carbocycles. The summed E-state index contributed by atoms with van der Waals surface area (Å²) in [4.78, 5) is 4.68. The van der Waals surface area contributed by atoms with Crippen molar-refractivity contribution in [1.29, 1.82) is 0 Å². The normalized spacial score (nSPS) is 11.9. The summed E-state index contributed by atoms with van der Waals surface area (Å²) in [6.07, 6.45) is 1.84. The van der Waals surface area contributed by atoms with Gasteiger partial charge < -0.3 is 13.3 Å². The van der Waals surface area contributed by atoms with Crippen molar-refractivity contribution in [3.63, 3.8) is 0 Å². The standard InChI is InChI=1S/C49H36OSi.C41H25NO.C36H22O/c1-51(2,3)45-30-29-34(33-18-6-7-19-35(33)45)41-27-28-43(48-42-24-12-13-26-44(42)50-49(41)48)47-39-22-10-8-20-37(39)46(38-21-9-11-23-40(38)47)36-25-14-16-31-15-4-5-17-32(31)36;1-2-12-27-25-28(21-20-26(27)11-1)38-29-13-3-5-15-31(29)39(32-16-6-4-14-30(32)38)35-23-22-33(36-18-9-10-24-42-36)41-40(35)34-17-7-8-19-37(34)43-41;1-2-13-24-23(11-1)12-9-19-25(24)34-26-14-3-5-16-28(26)35(29-17-6-4-15-27(29)34)31-20-10-22-33-36(31)30-18-7-8-21-32(30)37-33/h4-30H,1-3H3;1-25H;1-22H. The third-order valence-electron chi connectivity index (χ3n) is 27.2. The molecule has 0 unspecified atom stereocenters. The molecule has 614 valence electrons. The van der Waals surface area contributed by atoms with Crippen molar-refractivity contribution in [2.75, 3.05) is 0 Å². The molecule has 0 spiro atoms. The third kappa shape index (κ3) is 12.6. The van der Waals surface area contributed by atoms with Crippen LogP contribution >= 0.6 is 0 Å². The summed E-state index contributed by atoms with van der Waals surface area (Å²) in [6, 6.07) is 160. The van der Waals surface area contributed by atoms with Gasteiger partial charge in [0.2, 0.25) is 0 Å². The van der Waals surface area contributed by atoms with Crippen molar-refractivity contribution >= 4 is 187 Å². The van der Waals surface area contributed by atoms with E-state index in [-0.39, 0.29) is 0 Å². The zero-order valence-corrected chi connectivity index (χ0v) is 73.4. The lowest BCUT2D eigenvalue weighted by atomic mass is 9.83. The van der Waals surface area contributed by atoms with Crippen LogP contribution < -0.4 is 5.19 Å². The van der Waals surface area contributed by atoms with E-state index in [0.717, 1.165) is 82.8 Å². The smallest absolute Gasteiger partial charge is 0.145 e. The Morgan fingerprint density at radius 3 is 0.954 bits per heavy atom. The molecule has 0 radical (unpaired) electrons. The highest BCUT2D eigenvalue weighted by molar-refractivity contribution is 6.90. The maximum Gasteiger partial charge on any atom is 0.145 e. The highest BCUT2D eigenvalue weighted by atomic mass is 28.3. The average molecular weight is 1690 g/mol. The van der Waals surface area contributed by atoms with E-state index in [9.17, 15) is 0 Å². The van der Waals surface area contributed by atoms with Gasteiger partial charge in [-0.05, 0) is 235 Å². The Balaban J connectivity index is 0.000000107. The van der Waals surface area contributed by atoms with Gasteiger partial charge in [-0.25, -0.2) is 0 Å². The first-order valence-electron chi connectivity index (χ1n) is 45.2. The van der Waals surface area contributed by atoms with Gasteiger partial charge in [0, 0.05) is 49.6 Å². The predicted molar refractivity (Wildman–Crippen MR) is 560 cm³/mol. The predicted octanol–water partition coefficient (Wildman–Crippen LogP) is 35.6. The fourth-order valence-electron chi connectivity index (χ4n) is 21.6. The van der Waals surface area contributed by atoms with Crippen LogP contribution in [-0.2, 0) is 0 Å². The fraction of sp³-hybridized carbons (Fsp3) is 0.0238. The fourth-order valence-corrected chi connectivity index (χ4v) is 23.2. The van der Waals surface area contributed by atoms with E-state index in [4.69, 9.17) is 13.3 Å². The van der Waals surface area contributed by atoms with Crippen LogP contribution in [0.2, 0.25) is 19.6 Å². The van der Waals surface area contributed by atoms with Gasteiger partial charge in [-0.15, -0.1) is 0 Å². The Kier molecular flexibility index (Phi) is 18.3. The van der Waals surface area contributed by atoms with Crippen molar-refractivity contribution in [3.05, 3.63) is 449 Å². The van der Waals surface area contributed by atoms with E-state index in [1.54, 1.807) is 0 Å². The van der Waals surface area contributed by atoms with Crippen LogP contribution in [0.3, 0.4) is 0 Å². The maximum atomic E-state index is 6.92. The quantitative estimate of drug-likeness (QED) is 0.107. The summed E-state index contributed by atoms with van der Waals surface area (Å²) < 4.78 is 19.8. The molecule has 0 bridgehead atoms. The summed E-state index contributed by atoms with van der Waals surface area (Å²) >= 11 is 0. The second-order valence-corrected chi connectivity index (χ2v) is 40.6. The summed E-state index contributed by atoms with van der Waals surface area (Å²) in [6.45, 7) is 7.29. The topological polar surface area (TPSA) is 52.3 Å². The minimum atomic E-state index is -1.58. The van der Waals surface area contributed by atoms with Crippen LogP contribution in [0.5, 0.6) is 0 Å².